The van der Waals surface area contributed by atoms with E-state index < -0.39 is 0 Å². The molecule has 0 amide bonds. The van der Waals surface area contributed by atoms with E-state index in [9.17, 15) is 9.59 Å². The summed E-state index contributed by atoms with van der Waals surface area (Å²) in [5.74, 6) is 0.514. The van der Waals surface area contributed by atoms with Crippen LogP contribution in [-0.4, -0.2) is 28.1 Å². The van der Waals surface area contributed by atoms with Gasteiger partial charge in [-0.05, 0) is 90.0 Å². The molecule has 0 aliphatic carbocycles. The molecule has 0 radical (unpaired) electrons. The van der Waals surface area contributed by atoms with Crippen molar-refractivity contribution < 1.29 is 9.59 Å². The third kappa shape index (κ3) is 6.43. The van der Waals surface area contributed by atoms with Crippen molar-refractivity contribution in [1.29, 1.82) is 0 Å². The molecule has 154 valence electrons. The van der Waals surface area contributed by atoms with Crippen molar-refractivity contribution in [2.45, 2.75) is 25.7 Å². The molecule has 3 N–H and O–H groups in total. The second-order valence-electron chi connectivity index (χ2n) is 6.90. The lowest BCUT2D eigenvalue weighted by atomic mass is 10.1. The summed E-state index contributed by atoms with van der Waals surface area (Å²) in [5.41, 5.74) is 7.99. The maximum Gasteiger partial charge on any atom is 0.160 e. The summed E-state index contributed by atoms with van der Waals surface area (Å²) in [4.78, 5) is 32.8. The number of unbranched alkanes of at least 4 members (excludes halogenated alkanes) is 1. The van der Waals surface area contributed by atoms with Crippen LogP contribution in [0.1, 0.15) is 24.8 Å². The highest BCUT2D eigenvalue weighted by atomic mass is 127. The predicted octanol–water partition coefficient (Wildman–Crippen LogP) is 4.34. The Morgan fingerprint density at radius 1 is 1.03 bits per heavy atom. The molecule has 1 heterocycles. The summed E-state index contributed by atoms with van der Waals surface area (Å²) >= 11 is 2.26. The van der Waals surface area contributed by atoms with Crippen LogP contribution >= 0.6 is 22.6 Å². The number of benzene rings is 2. The number of hydrogen-bond acceptors (Lipinski definition) is 6. The van der Waals surface area contributed by atoms with E-state index in [0.29, 0.717) is 18.8 Å². The van der Waals surface area contributed by atoms with Crippen molar-refractivity contribution in [3.63, 3.8) is 0 Å². The predicted molar refractivity (Wildman–Crippen MR) is 128 cm³/mol. The largest absolute Gasteiger partial charge is 0.340 e. The van der Waals surface area contributed by atoms with Crippen molar-refractivity contribution in [2.75, 3.05) is 11.9 Å². The molecule has 0 saturated carbocycles. The number of carbonyl (C=O) groups excluding carboxylic acids is 2. The van der Waals surface area contributed by atoms with Gasteiger partial charge in [0.05, 0.1) is 5.52 Å². The van der Waals surface area contributed by atoms with E-state index in [-0.39, 0.29) is 18.0 Å². The van der Waals surface area contributed by atoms with Crippen molar-refractivity contribution >= 4 is 56.6 Å². The molecule has 7 heteroatoms. The van der Waals surface area contributed by atoms with Crippen LogP contribution in [0.3, 0.4) is 0 Å². The summed E-state index contributed by atoms with van der Waals surface area (Å²) in [5, 5.41) is 4.16. The first kappa shape index (κ1) is 22.0. The van der Waals surface area contributed by atoms with Crippen molar-refractivity contribution in [3.8, 4) is 0 Å². The van der Waals surface area contributed by atoms with Gasteiger partial charge in [-0.1, -0.05) is 12.1 Å². The zero-order valence-corrected chi connectivity index (χ0v) is 18.6. The third-order valence-corrected chi connectivity index (χ3v) is 5.17. The van der Waals surface area contributed by atoms with Crippen LogP contribution in [0.4, 0.5) is 11.5 Å². The SMILES string of the molecule is NCCCCC(=O)/C=C\C(=O)Cc1ccc2ncnc(Nc3cccc(I)c3)c2c1. The quantitative estimate of drug-likeness (QED) is 0.237. The fourth-order valence-electron chi connectivity index (χ4n) is 2.99. The molecule has 3 aromatic rings. The standard InChI is InChI=1S/C23H23IN4O2/c24-17-4-3-5-18(14-17)28-23-21-13-16(7-10-22(21)26-15-27-23)12-20(30)9-8-19(29)6-1-2-11-25/h3-5,7-10,13-15H,1-2,6,11-12,25H2,(H,26,27,28)/b9-8-. The van der Waals surface area contributed by atoms with Crippen molar-refractivity contribution in [1.82, 2.24) is 9.97 Å². The minimum atomic E-state index is -0.120. The number of halogens is 1. The number of nitrogens with two attached hydrogens (primary N) is 1. The maximum atomic E-state index is 12.3. The summed E-state index contributed by atoms with van der Waals surface area (Å²) in [7, 11) is 0. The van der Waals surface area contributed by atoms with Crippen LogP contribution < -0.4 is 11.1 Å². The Bertz CT molecular complexity index is 1080. The average Bonchev–Trinajstić information content (AvgIpc) is 2.73. The Morgan fingerprint density at radius 2 is 1.87 bits per heavy atom. The molecule has 1 aromatic heterocycles. The molecule has 0 bridgehead atoms. The highest BCUT2D eigenvalue weighted by Crippen LogP contribution is 2.25. The highest BCUT2D eigenvalue weighted by molar-refractivity contribution is 14.1. The number of nitrogens with one attached hydrogen (secondary N) is 1. The molecular formula is C23H23IN4O2. The Morgan fingerprint density at radius 3 is 2.67 bits per heavy atom. The zero-order chi connectivity index (χ0) is 21.3. The molecule has 30 heavy (non-hydrogen) atoms. The van der Waals surface area contributed by atoms with E-state index in [1.807, 2.05) is 42.5 Å². The topological polar surface area (TPSA) is 98.0 Å². The van der Waals surface area contributed by atoms with Gasteiger partial charge in [0.1, 0.15) is 12.1 Å². The van der Waals surface area contributed by atoms with Gasteiger partial charge in [-0.2, -0.15) is 0 Å². The first-order valence-corrected chi connectivity index (χ1v) is 10.8. The summed E-state index contributed by atoms with van der Waals surface area (Å²) in [6.07, 6.45) is 6.43. The number of nitrogens with zero attached hydrogens (tertiary/aromatic N) is 2. The fourth-order valence-corrected chi connectivity index (χ4v) is 3.53. The van der Waals surface area contributed by atoms with E-state index in [1.54, 1.807) is 0 Å². The maximum absolute atomic E-state index is 12.3. The van der Waals surface area contributed by atoms with Crippen LogP contribution in [0.5, 0.6) is 0 Å². The van der Waals surface area contributed by atoms with Gasteiger partial charge >= 0.3 is 0 Å². The second-order valence-corrected chi connectivity index (χ2v) is 8.14. The van der Waals surface area contributed by atoms with Crippen LogP contribution in [0.25, 0.3) is 10.9 Å². The van der Waals surface area contributed by atoms with Crippen LogP contribution in [0.2, 0.25) is 0 Å². The number of anilines is 2. The lowest BCUT2D eigenvalue weighted by Crippen LogP contribution is -2.03. The molecule has 0 atom stereocenters. The van der Waals surface area contributed by atoms with Gasteiger partial charge in [0.2, 0.25) is 0 Å². The van der Waals surface area contributed by atoms with Gasteiger partial charge in [0, 0.05) is 27.5 Å². The van der Waals surface area contributed by atoms with E-state index in [4.69, 9.17) is 5.73 Å². The minimum Gasteiger partial charge on any atom is -0.340 e. The molecule has 0 unspecified atom stereocenters. The van der Waals surface area contributed by atoms with E-state index in [0.717, 1.165) is 38.6 Å². The number of fused-ring (bicyclic) bond motifs is 1. The molecular weight excluding hydrogens is 491 g/mol. The normalized spacial score (nSPS) is 11.1. The number of ketones is 2. The molecule has 0 saturated heterocycles. The smallest absolute Gasteiger partial charge is 0.160 e. The Labute approximate surface area is 189 Å². The summed E-state index contributed by atoms with van der Waals surface area (Å²) < 4.78 is 1.12. The van der Waals surface area contributed by atoms with E-state index in [1.165, 1.54) is 18.5 Å². The third-order valence-electron chi connectivity index (χ3n) is 4.50. The van der Waals surface area contributed by atoms with E-state index >= 15 is 0 Å². The van der Waals surface area contributed by atoms with Gasteiger partial charge in [-0.25, -0.2) is 9.97 Å². The number of allylic oxidation sites excluding steroid dienone is 2. The molecule has 0 fully saturated rings. The zero-order valence-electron chi connectivity index (χ0n) is 16.5. The number of hydrogen-bond donors (Lipinski definition) is 2. The molecule has 3 rings (SSSR count). The van der Waals surface area contributed by atoms with Gasteiger partial charge in [-0.15, -0.1) is 0 Å². The first-order valence-electron chi connectivity index (χ1n) is 9.75. The lowest BCUT2D eigenvalue weighted by Gasteiger charge is -2.09. The summed E-state index contributed by atoms with van der Waals surface area (Å²) in [6, 6.07) is 13.7. The monoisotopic (exact) mass is 514 g/mol. The van der Waals surface area contributed by atoms with E-state index in [2.05, 4.69) is 37.9 Å². The van der Waals surface area contributed by atoms with Gasteiger partial charge in [-0.3, -0.25) is 9.59 Å². The van der Waals surface area contributed by atoms with Gasteiger partial charge in [0.15, 0.2) is 11.6 Å². The highest BCUT2D eigenvalue weighted by Gasteiger charge is 2.08. The second kappa shape index (κ2) is 10.9. The van der Waals surface area contributed by atoms with Gasteiger partial charge < -0.3 is 11.1 Å². The average molecular weight is 514 g/mol. The van der Waals surface area contributed by atoms with Crippen LogP contribution in [0.15, 0.2) is 60.9 Å². The molecule has 0 spiro atoms. The van der Waals surface area contributed by atoms with Crippen molar-refractivity contribution in [2.24, 2.45) is 5.73 Å². The first-order chi connectivity index (χ1) is 14.5. The number of aromatic nitrogens is 2. The Balaban J connectivity index is 1.73. The Kier molecular flexibility index (Phi) is 8.04. The molecule has 2 aromatic carbocycles. The fraction of sp³-hybridized carbons (Fsp3) is 0.217. The lowest BCUT2D eigenvalue weighted by molar-refractivity contribution is -0.116. The minimum absolute atomic E-state index is 0.0484. The Hall–Kier alpha value is -2.65. The summed E-state index contributed by atoms with van der Waals surface area (Å²) in [6.45, 7) is 0.571. The molecule has 0 aliphatic heterocycles. The van der Waals surface area contributed by atoms with Crippen LogP contribution in [-0.2, 0) is 16.0 Å². The van der Waals surface area contributed by atoms with Gasteiger partial charge in [0.25, 0.3) is 0 Å². The number of carbonyl (C=O) groups is 2. The number of rotatable bonds is 10. The molecule has 0 aliphatic rings. The van der Waals surface area contributed by atoms with Crippen molar-refractivity contribution in [3.05, 3.63) is 70.1 Å². The molecule has 6 nitrogen and oxygen atoms in total. The van der Waals surface area contributed by atoms with Crippen LogP contribution in [0, 0.1) is 3.57 Å².